The lowest BCUT2D eigenvalue weighted by Gasteiger charge is -2.12. The Bertz CT molecular complexity index is 243. The monoisotopic (exact) mass is 213 g/mol. The van der Waals surface area contributed by atoms with Crippen molar-refractivity contribution in [3.05, 3.63) is 0 Å². The zero-order valence-electron chi connectivity index (χ0n) is 9.08. The standard InChI is InChI=1S/C10H19N3O2/c1-7(5-11)4-10(15)12-6-8-2-3-9(14)13-8/h7-8H,2-6,11H2,1H3,(H,12,15)(H,13,14). The average Bonchev–Trinajstić information content (AvgIpc) is 2.61. The Morgan fingerprint density at radius 1 is 1.73 bits per heavy atom. The lowest BCUT2D eigenvalue weighted by Crippen LogP contribution is -2.39. The molecule has 1 saturated heterocycles. The topological polar surface area (TPSA) is 84.2 Å². The molecular formula is C10H19N3O2. The quantitative estimate of drug-likeness (QED) is 0.568. The molecule has 1 aliphatic rings. The summed E-state index contributed by atoms with van der Waals surface area (Å²) < 4.78 is 0. The zero-order chi connectivity index (χ0) is 11.3. The minimum atomic E-state index is 0.00842. The van der Waals surface area contributed by atoms with Gasteiger partial charge < -0.3 is 16.4 Å². The Morgan fingerprint density at radius 3 is 3.00 bits per heavy atom. The van der Waals surface area contributed by atoms with Gasteiger partial charge in [0.25, 0.3) is 0 Å². The normalized spacial score (nSPS) is 22.3. The predicted molar refractivity (Wildman–Crippen MR) is 57.0 cm³/mol. The SMILES string of the molecule is CC(CN)CC(=O)NCC1CCC(=O)N1. The van der Waals surface area contributed by atoms with E-state index in [1.54, 1.807) is 0 Å². The molecule has 15 heavy (non-hydrogen) atoms. The van der Waals surface area contributed by atoms with Gasteiger partial charge in [0.05, 0.1) is 0 Å². The van der Waals surface area contributed by atoms with Crippen molar-refractivity contribution in [2.24, 2.45) is 11.7 Å². The van der Waals surface area contributed by atoms with Crippen LogP contribution >= 0.6 is 0 Å². The van der Waals surface area contributed by atoms with Crippen molar-refractivity contribution in [2.75, 3.05) is 13.1 Å². The maximum atomic E-state index is 11.4. The van der Waals surface area contributed by atoms with E-state index in [-0.39, 0.29) is 23.8 Å². The second-order valence-corrected chi connectivity index (χ2v) is 4.15. The molecule has 1 aliphatic heterocycles. The number of hydrogen-bond donors (Lipinski definition) is 3. The van der Waals surface area contributed by atoms with Gasteiger partial charge in [0.1, 0.15) is 0 Å². The van der Waals surface area contributed by atoms with E-state index in [2.05, 4.69) is 10.6 Å². The minimum Gasteiger partial charge on any atom is -0.354 e. The highest BCUT2D eigenvalue weighted by molar-refractivity contribution is 5.79. The third kappa shape index (κ3) is 4.29. The van der Waals surface area contributed by atoms with Crippen LogP contribution in [0.25, 0.3) is 0 Å². The van der Waals surface area contributed by atoms with Crippen LogP contribution in [0.1, 0.15) is 26.2 Å². The van der Waals surface area contributed by atoms with Gasteiger partial charge in [0.15, 0.2) is 0 Å². The fourth-order valence-electron chi connectivity index (χ4n) is 1.54. The molecule has 2 amide bonds. The number of carbonyl (C=O) groups excluding carboxylic acids is 2. The lowest BCUT2D eigenvalue weighted by molar-refractivity contribution is -0.122. The third-order valence-corrected chi connectivity index (χ3v) is 2.57. The smallest absolute Gasteiger partial charge is 0.220 e. The summed E-state index contributed by atoms with van der Waals surface area (Å²) in [6, 6.07) is 0.106. The summed E-state index contributed by atoms with van der Waals surface area (Å²) in [5, 5.41) is 5.60. The number of nitrogens with one attached hydrogen (secondary N) is 2. The van der Waals surface area contributed by atoms with Crippen molar-refractivity contribution in [1.82, 2.24) is 10.6 Å². The van der Waals surface area contributed by atoms with Gasteiger partial charge in [-0.05, 0) is 18.9 Å². The first kappa shape index (κ1) is 12.0. The van der Waals surface area contributed by atoms with Gasteiger partial charge in [-0.2, -0.15) is 0 Å². The van der Waals surface area contributed by atoms with Gasteiger partial charge in [-0.3, -0.25) is 9.59 Å². The molecular weight excluding hydrogens is 194 g/mol. The molecule has 2 unspecified atom stereocenters. The zero-order valence-corrected chi connectivity index (χ0v) is 9.08. The van der Waals surface area contributed by atoms with Crippen LogP contribution < -0.4 is 16.4 Å². The Labute approximate surface area is 89.8 Å². The van der Waals surface area contributed by atoms with E-state index in [1.165, 1.54) is 0 Å². The Morgan fingerprint density at radius 2 is 2.47 bits per heavy atom. The van der Waals surface area contributed by atoms with Crippen LogP contribution in [0.4, 0.5) is 0 Å². The van der Waals surface area contributed by atoms with Crippen LogP contribution in [0.15, 0.2) is 0 Å². The summed E-state index contributed by atoms with van der Waals surface area (Å²) in [6.45, 7) is 2.99. The molecule has 2 atom stereocenters. The highest BCUT2D eigenvalue weighted by atomic mass is 16.2. The molecule has 0 aliphatic carbocycles. The largest absolute Gasteiger partial charge is 0.354 e. The van der Waals surface area contributed by atoms with Crippen LogP contribution in [0, 0.1) is 5.92 Å². The van der Waals surface area contributed by atoms with Crippen molar-refractivity contribution >= 4 is 11.8 Å². The molecule has 4 N–H and O–H groups in total. The highest BCUT2D eigenvalue weighted by Gasteiger charge is 2.20. The van der Waals surface area contributed by atoms with E-state index in [1.807, 2.05) is 6.92 Å². The summed E-state index contributed by atoms with van der Waals surface area (Å²) in [6.07, 6.45) is 1.84. The molecule has 5 heteroatoms. The van der Waals surface area contributed by atoms with Gasteiger partial charge >= 0.3 is 0 Å². The fraction of sp³-hybridized carbons (Fsp3) is 0.800. The second-order valence-electron chi connectivity index (χ2n) is 4.15. The van der Waals surface area contributed by atoms with Crippen molar-refractivity contribution in [1.29, 1.82) is 0 Å². The van der Waals surface area contributed by atoms with Gasteiger partial charge in [-0.1, -0.05) is 6.92 Å². The molecule has 5 nitrogen and oxygen atoms in total. The summed E-state index contributed by atoms with van der Waals surface area (Å²) in [5.74, 6) is 0.293. The number of hydrogen-bond acceptors (Lipinski definition) is 3. The Kier molecular flexibility index (Phi) is 4.55. The van der Waals surface area contributed by atoms with Gasteiger partial charge in [-0.25, -0.2) is 0 Å². The van der Waals surface area contributed by atoms with E-state index < -0.39 is 0 Å². The van der Waals surface area contributed by atoms with Gasteiger partial charge in [0, 0.05) is 25.4 Å². The number of amides is 2. The Hall–Kier alpha value is -1.10. The van der Waals surface area contributed by atoms with Crippen LogP contribution in [-0.4, -0.2) is 30.9 Å². The van der Waals surface area contributed by atoms with E-state index in [0.717, 1.165) is 6.42 Å². The number of nitrogens with two attached hydrogens (primary N) is 1. The molecule has 1 rings (SSSR count). The molecule has 0 radical (unpaired) electrons. The summed E-state index contributed by atoms with van der Waals surface area (Å²) in [5.41, 5.74) is 5.42. The van der Waals surface area contributed by atoms with Crippen molar-refractivity contribution in [2.45, 2.75) is 32.2 Å². The molecule has 0 aromatic carbocycles. The van der Waals surface area contributed by atoms with Crippen molar-refractivity contribution < 1.29 is 9.59 Å². The molecule has 0 aromatic heterocycles. The first-order valence-corrected chi connectivity index (χ1v) is 5.38. The van der Waals surface area contributed by atoms with E-state index in [4.69, 9.17) is 5.73 Å². The maximum Gasteiger partial charge on any atom is 0.220 e. The minimum absolute atomic E-state index is 0.00842. The van der Waals surface area contributed by atoms with E-state index in [0.29, 0.717) is 25.9 Å². The average molecular weight is 213 g/mol. The summed E-state index contributed by atoms with van der Waals surface area (Å²) in [7, 11) is 0. The fourth-order valence-corrected chi connectivity index (χ4v) is 1.54. The van der Waals surface area contributed by atoms with Crippen molar-refractivity contribution in [3.8, 4) is 0 Å². The second kappa shape index (κ2) is 5.70. The summed E-state index contributed by atoms with van der Waals surface area (Å²) in [4.78, 5) is 22.3. The molecule has 0 bridgehead atoms. The van der Waals surface area contributed by atoms with E-state index in [9.17, 15) is 9.59 Å². The number of carbonyl (C=O) groups is 2. The molecule has 1 fully saturated rings. The Balaban J connectivity index is 2.14. The van der Waals surface area contributed by atoms with Gasteiger partial charge in [-0.15, -0.1) is 0 Å². The van der Waals surface area contributed by atoms with Crippen LogP contribution in [-0.2, 0) is 9.59 Å². The lowest BCUT2D eigenvalue weighted by atomic mass is 10.1. The number of rotatable bonds is 5. The van der Waals surface area contributed by atoms with Crippen LogP contribution in [0.2, 0.25) is 0 Å². The predicted octanol–water partition coefficient (Wildman–Crippen LogP) is -0.634. The first-order valence-electron chi connectivity index (χ1n) is 5.38. The molecule has 0 spiro atoms. The van der Waals surface area contributed by atoms with Crippen LogP contribution in [0.3, 0.4) is 0 Å². The van der Waals surface area contributed by atoms with E-state index >= 15 is 0 Å². The summed E-state index contributed by atoms with van der Waals surface area (Å²) >= 11 is 0. The van der Waals surface area contributed by atoms with Crippen LogP contribution in [0.5, 0.6) is 0 Å². The molecule has 0 saturated carbocycles. The highest BCUT2D eigenvalue weighted by Crippen LogP contribution is 2.05. The van der Waals surface area contributed by atoms with Gasteiger partial charge in [0.2, 0.25) is 11.8 Å². The molecule has 0 aromatic rings. The van der Waals surface area contributed by atoms with Crippen molar-refractivity contribution in [3.63, 3.8) is 0 Å². The first-order chi connectivity index (χ1) is 7.11. The third-order valence-electron chi connectivity index (χ3n) is 2.57. The molecule has 86 valence electrons. The maximum absolute atomic E-state index is 11.4. The molecule has 1 heterocycles.